The molecule has 2 rings (SSSR count). The van der Waals surface area contributed by atoms with E-state index in [9.17, 15) is 18.5 Å². The van der Waals surface area contributed by atoms with Crippen molar-refractivity contribution in [3.63, 3.8) is 0 Å². The molecule has 0 radical (unpaired) electrons. The van der Waals surface area contributed by atoms with Crippen molar-refractivity contribution in [3.8, 4) is 0 Å². The average molecular weight is 377 g/mol. The number of hydrogen-bond donors (Lipinski definition) is 1. The minimum absolute atomic E-state index is 0.0147. The van der Waals surface area contributed by atoms with Crippen LogP contribution in [0.4, 0.5) is 10.7 Å². The van der Waals surface area contributed by atoms with E-state index in [4.69, 9.17) is 0 Å². The second kappa shape index (κ2) is 7.77. The van der Waals surface area contributed by atoms with E-state index in [-0.39, 0.29) is 15.9 Å². The molecule has 0 amide bonds. The quantitative estimate of drug-likeness (QED) is 0.569. The number of sulfone groups is 1. The zero-order valence-corrected chi connectivity index (χ0v) is 15.8. The Balaban J connectivity index is 2.01. The summed E-state index contributed by atoms with van der Waals surface area (Å²) < 4.78 is 23.2. The Hall–Kier alpha value is -1.23. The van der Waals surface area contributed by atoms with Crippen LogP contribution in [0.5, 0.6) is 0 Å². The van der Waals surface area contributed by atoms with Gasteiger partial charge >= 0.3 is 5.69 Å². The van der Waals surface area contributed by atoms with E-state index in [1.165, 1.54) is 0 Å². The van der Waals surface area contributed by atoms with Crippen LogP contribution in [0.1, 0.15) is 13.8 Å². The van der Waals surface area contributed by atoms with E-state index in [2.05, 4.69) is 29.0 Å². The Morgan fingerprint density at radius 3 is 2.50 bits per heavy atom. The van der Waals surface area contributed by atoms with Crippen LogP contribution in [0.3, 0.4) is 0 Å². The van der Waals surface area contributed by atoms with E-state index in [1.807, 2.05) is 0 Å². The first-order valence-corrected chi connectivity index (χ1v) is 10.6. The van der Waals surface area contributed by atoms with Gasteiger partial charge in [-0.15, -0.1) is 0 Å². The number of hydrogen-bond acceptors (Lipinski definition) is 8. The third-order valence-electron chi connectivity index (χ3n) is 4.29. The molecule has 1 fully saturated rings. The standard InChI is InChI=1S/C14H24N4O4S2/c1-4-16-5-7-17(8-6-16)11(2)10-15-14-12(18(19)20)9-13(23-14)24(3,21)22/h9,11,15H,4-8,10H2,1-3H3. The van der Waals surface area contributed by atoms with E-state index >= 15 is 0 Å². The second-order valence-corrected chi connectivity index (χ2v) is 9.30. The largest absolute Gasteiger partial charge is 0.370 e. The van der Waals surface area contributed by atoms with Crippen LogP contribution in [0.15, 0.2) is 10.3 Å². The van der Waals surface area contributed by atoms with Gasteiger partial charge in [-0.05, 0) is 13.5 Å². The van der Waals surface area contributed by atoms with Crippen molar-refractivity contribution < 1.29 is 13.3 Å². The van der Waals surface area contributed by atoms with Crippen LogP contribution >= 0.6 is 11.3 Å². The van der Waals surface area contributed by atoms with Crippen molar-refractivity contribution in [3.05, 3.63) is 16.2 Å². The fourth-order valence-electron chi connectivity index (χ4n) is 2.69. The summed E-state index contributed by atoms with van der Waals surface area (Å²) >= 11 is 0.920. The Bertz CT molecular complexity index is 681. The Labute approximate surface area is 146 Å². The van der Waals surface area contributed by atoms with Crippen molar-refractivity contribution in [2.45, 2.75) is 24.1 Å². The maximum atomic E-state index is 11.6. The van der Waals surface area contributed by atoms with Crippen LogP contribution < -0.4 is 5.32 Å². The molecule has 1 saturated heterocycles. The molecule has 1 N–H and O–H groups in total. The monoisotopic (exact) mass is 376 g/mol. The van der Waals surface area contributed by atoms with E-state index in [1.54, 1.807) is 0 Å². The number of thiophene rings is 1. The van der Waals surface area contributed by atoms with Gasteiger partial charge in [0, 0.05) is 51.1 Å². The molecule has 2 heterocycles. The van der Waals surface area contributed by atoms with Gasteiger partial charge in [0.2, 0.25) is 0 Å². The van der Waals surface area contributed by atoms with E-state index in [0.29, 0.717) is 11.5 Å². The highest BCUT2D eigenvalue weighted by atomic mass is 32.2. The molecular weight excluding hydrogens is 352 g/mol. The summed E-state index contributed by atoms with van der Waals surface area (Å²) in [5.41, 5.74) is -0.177. The van der Waals surface area contributed by atoms with Crippen molar-refractivity contribution in [1.82, 2.24) is 9.80 Å². The minimum atomic E-state index is -3.45. The fraction of sp³-hybridized carbons (Fsp3) is 0.714. The molecule has 1 aromatic rings. The molecule has 0 aromatic carbocycles. The van der Waals surface area contributed by atoms with Gasteiger partial charge in [0.25, 0.3) is 0 Å². The molecule has 1 atom stereocenters. The first-order valence-electron chi connectivity index (χ1n) is 7.91. The first kappa shape index (κ1) is 19.1. The number of nitrogens with zero attached hydrogens (tertiary/aromatic N) is 3. The minimum Gasteiger partial charge on any atom is -0.370 e. The number of rotatable bonds is 7. The maximum absolute atomic E-state index is 11.6. The molecule has 0 aliphatic carbocycles. The molecule has 1 aliphatic rings. The van der Waals surface area contributed by atoms with Crippen molar-refractivity contribution in [2.24, 2.45) is 0 Å². The fourth-order valence-corrected chi connectivity index (χ4v) is 4.64. The molecule has 1 aliphatic heterocycles. The van der Waals surface area contributed by atoms with Gasteiger partial charge in [0.05, 0.1) is 4.92 Å². The van der Waals surface area contributed by atoms with Crippen LogP contribution in [-0.4, -0.2) is 74.7 Å². The maximum Gasteiger partial charge on any atom is 0.304 e. The number of anilines is 1. The zero-order valence-electron chi connectivity index (χ0n) is 14.2. The van der Waals surface area contributed by atoms with Gasteiger partial charge in [0.1, 0.15) is 4.21 Å². The number of nitro groups is 1. The van der Waals surface area contributed by atoms with Crippen LogP contribution in [0.2, 0.25) is 0 Å². The topological polar surface area (TPSA) is 95.8 Å². The van der Waals surface area contributed by atoms with Crippen LogP contribution in [0.25, 0.3) is 0 Å². The molecule has 136 valence electrons. The summed E-state index contributed by atoms with van der Waals surface area (Å²) in [5, 5.41) is 14.5. The van der Waals surface area contributed by atoms with Gasteiger partial charge < -0.3 is 10.2 Å². The van der Waals surface area contributed by atoms with Crippen LogP contribution in [0, 0.1) is 10.1 Å². The number of likely N-dealkylation sites (N-methyl/N-ethyl adjacent to an activating group) is 1. The lowest BCUT2D eigenvalue weighted by molar-refractivity contribution is -0.383. The normalized spacial score (nSPS) is 18.5. The highest BCUT2D eigenvalue weighted by Gasteiger charge is 2.25. The Kier molecular flexibility index (Phi) is 6.18. The summed E-state index contributed by atoms with van der Waals surface area (Å²) in [6.45, 7) is 9.81. The van der Waals surface area contributed by atoms with E-state index in [0.717, 1.165) is 56.4 Å². The molecule has 0 spiro atoms. The summed E-state index contributed by atoms with van der Waals surface area (Å²) in [7, 11) is -3.45. The zero-order chi connectivity index (χ0) is 17.9. The number of nitrogens with one attached hydrogen (secondary N) is 1. The third-order valence-corrected chi connectivity index (χ3v) is 7.17. The summed E-state index contributed by atoms with van der Waals surface area (Å²) in [4.78, 5) is 15.3. The lowest BCUT2D eigenvalue weighted by Gasteiger charge is -2.37. The average Bonchev–Trinajstić information content (AvgIpc) is 2.97. The smallest absolute Gasteiger partial charge is 0.304 e. The second-order valence-electron chi connectivity index (χ2n) is 6.01. The van der Waals surface area contributed by atoms with Gasteiger partial charge in [-0.25, -0.2) is 8.42 Å². The van der Waals surface area contributed by atoms with Crippen molar-refractivity contribution in [2.75, 3.05) is 50.8 Å². The highest BCUT2D eigenvalue weighted by Crippen LogP contribution is 2.37. The molecule has 0 saturated carbocycles. The van der Waals surface area contributed by atoms with Crippen LogP contribution in [-0.2, 0) is 9.84 Å². The lowest BCUT2D eigenvalue weighted by atomic mass is 10.2. The lowest BCUT2D eigenvalue weighted by Crippen LogP contribution is -2.50. The van der Waals surface area contributed by atoms with Gasteiger partial charge in [-0.2, -0.15) is 0 Å². The van der Waals surface area contributed by atoms with E-state index < -0.39 is 14.8 Å². The summed E-state index contributed by atoms with van der Waals surface area (Å²) in [6, 6.07) is 1.35. The van der Waals surface area contributed by atoms with Crippen molar-refractivity contribution >= 4 is 31.9 Å². The molecular formula is C14H24N4O4S2. The Morgan fingerprint density at radius 2 is 2.00 bits per heavy atom. The SMILES string of the molecule is CCN1CCN(C(C)CNc2sc(S(C)(=O)=O)cc2[N+](=O)[O-])CC1. The predicted octanol–water partition coefficient (Wildman–Crippen LogP) is 1.50. The molecule has 8 nitrogen and oxygen atoms in total. The Morgan fingerprint density at radius 1 is 1.38 bits per heavy atom. The first-order chi connectivity index (χ1) is 11.2. The molecule has 24 heavy (non-hydrogen) atoms. The third kappa shape index (κ3) is 4.65. The molecule has 10 heteroatoms. The predicted molar refractivity (Wildman–Crippen MR) is 95.7 cm³/mol. The van der Waals surface area contributed by atoms with Crippen molar-refractivity contribution in [1.29, 1.82) is 0 Å². The summed E-state index contributed by atoms with van der Waals surface area (Å²) in [6.07, 6.45) is 1.06. The van der Waals surface area contributed by atoms with Gasteiger partial charge in [0.15, 0.2) is 14.8 Å². The molecule has 1 unspecified atom stereocenters. The highest BCUT2D eigenvalue weighted by molar-refractivity contribution is 7.92. The van der Waals surface area contributed by atoms with Gasteiger partial charge in [-0.1, -0.05) is 18.3 Å². The number of piperazine rings is 1. The molecule has 1 aromatic heterocycles. The molecule has 0 bridgehead atoms. The summed E-state index contributed by atoms with van der Waals surface area (Å²) in [5.74, 6) is 0. The van der Waals surface area contributed by atoms with Gasteiger partial charge in [-0.3, -0.25) is 15.0 Å².